The molecule has 3 rings (SSSR count). The van der Waals surface area contributed by atoms with Gasteiger partial charge in [-0.15, -0.1) is 11.3 Å². The summed E-state index contributed by atoms with van der Waals surface area (Å²) in [5.74, 6) is 0.593. The van der Waals surface area contributed by atoms with Crippen LogP contribution < -0.4 is 4.72 Å². The molecule has 0 saturated carbocycles. The van der Waals surface area contributed by atoms with Crippen molar-refractivity contribution in [3.63, 3.8) is 0 Å². The molecular weight excluding hydrogens is 374 g/mol. The number of nitro groups is 1. The predicted molar refractivity (Wildman–Crippen MR) is 101 cm³/mol. The van der Waals surface area contributed by atoms with Crippen LogP contribution in [0, 0.1) is 10.1 Å². The molecule has 1 saturated heterocycles. The highest BCUT2D eigenvalue weighted by molar-refractivity contribution is 7.89. The number of rotatable bonds is 7. The van der Waals surface area contributed by atoms with Crippen molar-refractivity contribution in [2.75, 3.05) is 26.2 Å². The molecule has 7 nitrogen and oxygen atoms in total. The van der Waals surface area contributed by atoms with Crippen LogP contribution in [0.3, 0.4) is 0 Å². The van der Waals surface area contributed by atoms with E-state index in [0.29, 0.717) is 12.5 Å². The molecule has 26 heavy (non-hydrogen) atoms. The summed E-state index contributed by atoms with van der Waals surface area (Å²) in [5.41, 5.74) is -0.406. The normalized spacial score (nSPS) is 16.6. The third-order valence-electron chi connectivity index (χ3n) is 4.60. The summed E-state index contributed by atoms with van der Waals surface area (Å²) in [6.07, 6.45) is 2.13. The van der Waals surface area contributed by atoms with Crippen molar-refractivity contribution >= 4 is 27.0 Å². The van der Waals surface area contributed by atoms with Crippen LogP contribution in [0.25, 0.3) is 0 Å². The molecule has 0 spiro atoms. The molecule has 1 N–H and O–H groups in total. The molecule has 9 heteroatoms. The van der Waals surface area contributed by atoms with Gasteiger partial charge in [-0.25, -0.2) is 13.1 Å². The van der Waals surface area contributed by atoms with Crippen LogP contribution in [0.1, 0.15) is 23.6 Å². The fraction of sp³-hybridized carbons (Fsp3) is 0.412. The topological polar surface area (TPSA) is 92.5 Å². The van der Waals surface area contributed by atoms with Crippen molar-refractivity contribution in [2.24, 2.45) is 0 Å². The number of nitrogens with one attached hydrogen (secondary N) is 1. The fourth-order valence-electron chi connectivity index (χ4n) is 3.22. The molecular formula is C17H21N3O4S2. The van der Waals surface area contributed by atoms with E-state index < -0.39 is 20.6 Å². The van der Waals surface area contributed by atoms with E-state index in [1.54, 1.807) is 11.3 Å². The minimum Gasteiger partial charge on any atom is -0.302 e. The lowest BCUT2D eigenvalue weighted by Crippen LogP contribution is -2.39. The fourth-order valence-corrected chi connectivity index (χ4v) is 5.31. The summed E-state index contributed by atoms with van der Waals surface area (Å²) in [6.45, 7) is 2.68. The summed E-state index contributed by atoms with van der Waals surface area (Å²) < 4.78 is 27.2. The van der Waals surface area contributed by atoms with Gasteiger partial charge in [0.05, 0.1) is 4.92 Å². The molecule has 1 aliphatic heterocycles. The zero-order chi connectivity index (χ0) is 18.6. The molecule has 0 aliphatic carbocycles. The van der Waals surface area contributed by atoms with Gasteiger partial charge in [-0.1, -0.05) is 18.2 Å². The Kier molecular flexibility index (Phi) is 6.02. The van der Waals surface area contributed by atoms with E-state index in [1.165, 1.54) is 29.1 Å². The van der Waals surface area contributed by atoms with Gasteiger partial charge in [0.25, 0.3) is 5.69 Å². The van der Waals surface area contributed by atoms with Gasteiger partial charge in [0.1, 0.15) is 0 Å². The zero-order valence-electron chi connectivity index (χ0n) is 14.2. The summed E-state index contributed by atoms with van der Waals surface area (Å²) in [6, 6.07) is 9.64. The predicted octanol–water partition coefficient (Wildman–Crippen LogP) is 2.81. The molecule has 0 radical (unpaired) electrons. The first-order chi connectivity index (χ1) is 12.5. The van der Waals surface area contributed by atoms with Crippen LogP contribution in [0.5, 0.6) is 0 Å². The van der Waals surface area contributed by atoms with Gasteiger partial charge >= 0.3 is 0 Å². The largest absolute Gasteiger partial charge is 0.302 e. The third-order valence-corrected chi connectivity index (χ3v) is 7.15. The molecule has 1 aromatic carbocycles. The van der Waals surface area contributed by atoms with Gasteiger partial charge < -0.3 is 4.90 Å². The Morgan fingerprint density at radius 3 is 2.58 bits per heavy atom. The highest BCUT2D eigenvalue weighted by Gasteiger charge is 2.25. The number of para-hydroxylation sites is 1. The number of benzene rings is 1. The second-order valence-corrected chi connectivity index (χ2v) is 8.97. The quantitative estimate of drug-likeness (QED) is 0.575. The molecule has 2 aromatic rings. The number of hydrogen-bond donors (Lipinski definition) is 1. The maximum atomic E-state index is 12.4. The van der Waals surface area contributed by atoms with Gasteiger partial charge in [-0.05, 0) is 49.4 Å². The minimum atomic E-state index is -3.90. The number of sulfonamides is 1. The van der Waals surface area contributed by atoms with Crippen LogP contribution in [-0.2, 0) is 10.0 Å². The van der Waals surface area contributed by atoms with Crippen LogP contribution >= 0.6 is 11.3 Å². The number of nitrogens with zero attached hydrogens (tertiary/aromatic N) is 2. The van der Waals surface area contributed by atoms with Crippen LogP contribution in [0.4, 0.5) is 5.69 Å². The first kappa shape index (κ1) is 19.0. The second kappa shape index (κ2) is 8.26. The van der Waals surface area contributed by atoms with Crippen LogP contribution in [0.15, 0.2) is 46.7 Å². The SMILES string of the molecule is O=[N+]([O-])c1ccccc1S(=O)(=O)NCCN1CCC(c2cccs2)CC1. The van der Waals surface area contributed by atoms with E-state index in [2.05, 4.69) is 27.1 Å². The monoisotopic (exact) mass is 395 g/mol. The highest BCUT2D eigenvalue weighted by atomic mass is 32.2. The van der Waals surface area contributed by atoms with E-state index >= 15 is 0 Å². The first-order valence-electron chi connectivity index (χ1n) is 8.46. The Hall–Kier alpha value is -1.81. The molecule has 0 unspecified atom stereocenters. The first-order valence-corrected chi connectivity index (χ1v) is 10.8. The molecule has 0 bridgehead atoms. The maximum Gasteiger partial charge on any atom is 0.289 e. The van der Waals surface area contributed by atoms with E-state index in [0.717, 1.165) is 25.9 Å². The smallest absolute Gasteiger partial charge is 0.289 e. The Morgan fingerprint density at radius 1 is 1.19 bits per heavy atom. The summed E-state index contributed by atoms with van der Waals surface area (Å²) in [4.78, 5) is 13.7. The Morgan fingerprint density at radius 2 is 1.92 bits per heavy atom. The van der Waals surface area contributed by atoms with Crippen molar-refractivity contribution < 1.29 is 13.3 Å². The van der Waals surface area contributed by atoms with Gasteiger partial charge in [0.15, 0.2) is 4.90 Å². The number of hydrogen-bond acceptors (Lipinski definition) is 6. The van der Waals surface area contributed by atoms with Crippen molar-refractivity contribution in [1.29, 1.82) is 0 Å². The van der Waals surface area contributed by atoms with E-state index in [-0.39, 0.29) is 11.4 Å². The summed E-state index contributed by atoms with van der Waals surface area (Å²) in [5, 5.41) is 13.1. The lowest BCUT2D eigenvalue weighted by atomic mass is 9.95. The Balaban J connectivity index is 1.51. The van der Waals surface area contributed by atoms with Crippen LogP contribution in [0.2, 0.25) is 0 Å². The number of piperidine rings is 1. The van der Waals surface area contributed by atoms with Gasteiger partial charge in [0, 0.05) is 24.0 Å². The van der Waals surface area contributed by atoms with Crippen molar-refractivity contribution in [3.8, 4) is 0 Å². The summed E-state index contributed by atoms with van der Waals surface area (Å²) in [7, 11) is -3.90. The lowest BCUT2D eigenvalue weighted by molar-refractivity contribution is -0.387. The van der Waals surface area contributed by atoms with E-state index in [4.69, 9.17) is 0 Å². The highest BCUT2D eigenvalue weighted by Crippen LogP contribution is 2.30. The lowest BCUT2D eigenvalue weighted by Gasteiger charge is -2.31. The molecule has 140 valence electrons. The zero-order valence-corrected chi connectivity index (χ0v) is 15.8. The van der Waals surface area contributed by atoms with Gasteiger partial charge in [-0.2, -0.15) is 0 Å². The van der Waals surface area contributed by atoms with E-state index in [1.807, 2.05) is 0 Å². The minimum absolute atomic E-state index is 0.234. The Labute approximate surface area is 156 Å². The standard InChI is InChI=1S/C17H21N3O4S2/c21-20(22)15-4-1-2-6-17(15)26(23,24)18-9-12-19-10-7-14(8-11-19)16-5-3-13-25-16/h1-6,13-14,18H,7-12H2. The van der Waals surface area contributed by atoms with Gasteiger partial charge in [0.2, 0.25) is 10.0 Å². The average molecular weight is 396 g/mol. The third kappa shape index (κ3) is 4.47. The van der Waals surface area contributed by atoms with Crippen molar-refractivity contribution in [1.82, 2.24) is 9.62 Å². The molecule has 0 amide bonds. The Bertz CT molecular complexity index is 845. The number of nitro benzene ring substituents is 1. The number of likely N-dealkylation sites (tertiary alicyclic amines) is 1. The van der Waals surface area contributed by atoms with Gasteiger partial charge in [-0.3, -0.25) is 10.1 Å². The number of thiophene rings is 1. The molecule has 1 aromatic heterocycles. The van der Waals surface area contributed by atoms with E-state index in [9.17, 15) is 18.5 Å². The molecule has 2 heterocycles. The molecule has 1 aliphatic rings. The van der Waals surface area contributed by atoms with Crippen molar-refractivity contribution in [3.05, 3.63) is 56.8 Å². The molecule has 1 fully saturated rings. The van der Waals surface area contributed by atoms with Crippen molar-refractivity contribution in [2.45, 2.75) is 23.7 Å². The summed E-state index contributed by atoms with van der Waals surface area (Å²) >= 11 is 1.79. The molecule has 0 atom stereocenters. The maximum absolute atomic E-state index is 12.4. The van der Waals surface area contributed by atoms with Crippen LogP contribution in [-0.4, -0.2) is 44.4 Å². The second-order valence-electron chi connectivity index (χ2n) is 6.25. The average Bonchev–Trinajstić information content (AvgIpc) is 3.17.